The third-order valence-electron chi connectivity index (χ3n) is 0.965. The normalized spacial score (nSPS) is 13.1. The Labute approximate surface area is 63.7 Å². The van der Waals surface area contributed by atoms with E-state index in [0.29, 0.717) is 0 Å². The van der Waals surface area contributed by atoms with Crippen LogP contribution in [0.2, 0.25) is 0 Å². The van der Waals surface area contributed by atoms with Crippen LogP contribution in [0.4, 0.5) is 13.2 Å². The van der Waals surface area contributed by atoms with Gasteiger partial charge in [-0.05, 0) is 6.92 Å². The predicted molar refractivity (Wildman–Crippen MR) is 39.1 cm³/mol. The highest BCUT2D eigenvalue weighted by molar-refractivity contribution is 5.22. The van der Waals surface area contributed by atoms with Crippen LogP contribution in [0, 0.1) is 0 Å². The van der Waals surface area contributed by atoms with Crippen molar-refractivity contribution in [2.45, 2.75) is 13.1 Å². The summed E-state index contributed by atoms with van der Waals surface area (Å²) in [7, 11) is 0. The smallest absolute Gasteiger partial charge is 0.166 e. The molecule has 0 bridgehead atoms. The van der Waals surface area contributed by atoms with E-state index in [1.807, 2.05) is 0 Å². The second kappa shape index (κ2) is 4.01. The molecule has 0 aliphatic carbocycles. The molecule has 0 saturated heterocycles. The Hall–Kier alpha value is -0.990. The number of alkyl halides is 3. The molecule has 0 aliphatic heterocycles. The SMILES string of the molecule is C=C(/C=C\C=C/C)C(F)(F)F. The van der Waals surface area contributed by atoms with Gasteiger partial charge in [-0.1, -0.05) is 30.9 Å². The maximum absolute atomic E-state index is 11.7. The van der Waals surface area contributed by atoms with Crippen molar-refractivity contribution < 1.29 is 13.2 Å². The molecule has 0 radical (unpaired) electrons. The van der Waals surface area contributed by atoms with E-state index in [1.165, 1.54) is 12.2 Å². The Morgan fingerprint density at radius 3 is 2.18 bits per heavy atom. The first kappa shape index (κ1) is 10.0. The highest BCUT2D eigenvalue weighted by atomic mass is 19.4. The summed E-state index contributed by atoms with van der Waals surface area (Å²) >= 11 is 0. The zero-order valence-corrected chi connectivity index (χ0v) is 6.15. The molecule has 0 aliphatic rings. The van der Waals surface area contributed by atoms with Crippen LogP contribution < -0.4 is 0 Å². The Balaban J connectivity index is 4.08. The summed E-state index contributed by atoms with van der Waals surface area (Å²) in [6, 6.07) is 0. The zero-order valence-electron chi connectivity index (χ0n) is 6.15. The first-order valence-electron chi connectivity index (χ1n) is 3.04. The molecule has 0 rings (SSSR count). The van der Waals surface area contributed by atoms with Crippen LogP contribution in [0.1, 0.15) is 6.92 Å². The molecule has 0 N–H and O–H groups in total. The molecular weight excluding hydrogens is 153 g/mol. The first-order chi connectivity index (χ1) is 4.98. The summed E-state index contributed by atoms with van der Waals surface area (Å²) < 4.78 is 35.1. The third kappa shape index (κ3) is 4.42. The lowest BCUT2D eigenvalue weighted by atomic mass is 10.2. The lowest BCUT2D eigenvalue weighted by molar-refractivity contribution is -0.0878. The van der Waals surface area contributed by atoms with Gasteiger partial charge in [-0.15, -0.1) is 0 Å². The minimum Gasteiger partial charge on any atom is -0.166 e. The van der Waals surface area contributed by atoms with Gasteiger partial charge in [0, 0.05) is 5.57 Å². The standard InChI is InChI=1S/C8H9F3/c1-3-4-5-6-7(2)8(9,10)11/h3-6H,2H2,1H3/b4-3-,6-5-. The van der Waals surface area contributed by atoms with Gasteiger partial charge in [-0.3, -0.25) is 0 Å². The molecule has 0 aromatic rings. The average molecular weight is 162 g/mol. The second-order valence-corrected chi connectivity index (χ2v) is 1.91. The van der Waals surface area contributed by atoms with Crippen LogP contribution in [0.3, 0.4) is 0 Å². The average Bonchev–Trinajstić information content (AvgIpc) is 1.86. The summed E-state index contributed by atoms with van der Waals surface area (Å²) in [6.45, 7) is 4.57. The van der Waals surface area contributed by atoms with E-state index in [-0.39, 0.29) is 0 Å². The fraction of sp³-hybridized carbons (Fsp3) is 0.250. The summed E-state index contributed by atoms with van der Waals surface area (Å²) in [5.74, 6) is 0. The van der Waals surface area contributed by atoms with Gasteiger partial charge in [0.2, 0.25) is 0 Å². The topological polar surface area (TPSA) is 0 Å². The lowest BCUT2D eigenvalue weighted by Gasteiger charge is -2.03. The van der Waals surface area contributed by atoms with Gasteiger partial charge >= 0.3 is 6.18 Å². The summed E-state index contributed by atoms with van der Waals surface area (Å²) in [4.78, 5) is 0. The van der Waals surface area contributed by atoms with E-state index in [2.05, 4.69) is 6.58 Å². The zero-order chi connectivity index (χ0) is 8.91. The largest absolute Gasteiger partial charge is 0.415 e. The van der Waals surface area contributed by atoms with Gasteiger partial charge in [-0.25, -0.2) is 0 Å². The van der Waals surface area contributed by atoms with Crippen LogP contribution >= 0.6 is 0 Å². The Bertz CT molecular complexity index is 184. The molecule has 11 heavy (non-hydrogen) atoms. The molecule has 0 amide bonds. The number of allylic oxidation sites excluding steroid dienone is 5. The van der Waals surface area contributed by atoms with Crippen LogP contribution in [-0.2, 0) is 0 Å². The molecule has 0 saturated carbocycles. The van der Waals surface area contributed by atoms with E-state index in [1.54, 1.807) is 13.0 Å². The number of halogens is 3. The summed E-state index contributed by atoms with van der Waals surface area (Å²) in [5, 5.41) is 0. The van der Waals surface area contributed by atoms with Crippen LogP contribution in [0.25, 0.3) is 0 Å². The molecule has 0 nitrogen and oxygen atoms in total. The number of rotatable bonds is 2. The van der Waals surface area contributed by atoms with Crippen molar-refractivity contribution >= 4 is 0 Å². The van der Waals surface area contributed by atoms with Crippen LogP contribution in [0.15, 0.2) is 36.5 Å². The van der Waals surface area contributed by atoms with Gasteiger partial charge in [-0.2, -0.15) is 13.2 Å². The minimum atomic E-state index is -4.31. The first-order valence-corrected chi connectivity index (χ1v) is 3.04. The van der Waals surface area contributed by atoms with Crippen LogP contribution in [-0.4, -0.2) is 6.18 Å². The Morgan fingerprint density at radius 2 is 1.82 bits per heavy atom. The van der Waals surface area contributed by atoms with Gasteiger partial charge in [0.15, 0.2) is 0 Å². The molecule has 62 valence electrons. The molecule has 0 fully saturated rings. The Morgan fingerprint density at radius 1 is 1.27 bits per heavy atom. The van der Waals surface area contributed by atoms with Crippen molar-refractivity contribution in [1.82, 2.24) is 0 Å². The van der Waals surface area contributed by atoms with Crippen molar-refractivity contribution in [3.8, 4) is 0 Å². The molecular formula is C8H9F3. The minimum absolute atomic E-state index is 0.837. The van der Waals surface area contributed by atoms with Crippen molar-refractivity contribution in [3.05, 3.63) is 36.5 Å². The maximum atomic E-state index is 11.7. The molecule has 0 atom stereocenters. The molecule has 0 spiro atoms. The quantitative estimate of drug-likeness (QED) is 0.547. The number of hydrogen-bond donors (Lipinski definition) is 0. The molecule has 3 heteroatoms. The molecule has 0 aromatic heterocycles. The molecule has 0 heterocycles. The molecule has 0 aromatic carbocycles. The monoisotopic (exact) mass is 162 g/mol. The highest BCUT2D eigenvalue weighted by Gasteiger charge is 2.29. The van der Waals surface area contributed by atoms with Gasteiger partial charge in [0.05, 0.1) is 0 Å². The lowest BCUT2D eigenvalue weighted by Crippen LogP contribution is -2.08. The second-order valence-electron chi connectivity index (χ2n) is 1.91. The van der Waals surface area contributed by atoms with Crippen LogP contribution in [0.5, 0.6) is 0 Å². The van der Waals surface area contributed by atoms with E-state index in [4.69, 9.17) is 0 Å². The maximum Gasteiger partial charge on any atom is 0.415 e. The fourth-order valence-corrected chi connectivity index (χ4v) is 0.377. The van der Waals surface area contributed by atoms with E-state index >= 15 is 0 Å². The van der Waals surface area contributed by atoms with Crippen molar-refractivity contribution in [2.75, 3.05) is 0 Å². The number of hydrogen-bond acceptors (Lipinski definition) is 0. The van der Waals surface area contributed by atoms with Crippen molar-refractivity contribution in [3.63, 3.8) is 0 Å². The van der Waals surface area contributed by atoms with Crippen molar-refractivity contribution in [1.29, 1.82) is 0 Å². The van der Waals surface area contributed by atoms with E-state index < -0.39 is 11.7 Å². The van der Waals surface area contributed by atoms with Crippen molar-refractivity contribution in [2.24, 2.45) is 0 Å². The summed E-state index contributed by atoms with van der Waals surface area (Å²) in [5.41, 5.74) is -0.837. The highest BCUT2D eigenvalue weighted by Crippen LogP contribution is 2.24. The summed E-state index contributed by atoms with van der Waals surface area (Å²) in [6.07, 6.45) is 1.07. The van der Waals surface area contributed by atoms with E-state index in [9.17, 15) is 13.2 Å². The molecule has 0 unspecified atom stereocenters. The third-order valence-corrected chi connectivity index (χ3v) is 0.965. The van der Waals surface area contributed by atoms with Gasteiger partial charge < -0.3 is 0 Å². The fourth-order valence-electron chi connectivity index (χ4n) is 0.377. The van der Waals surface area contributed by atoms with Gasteiger partial charge in [0.1, 0.15) is 0 Å². The predicted octanol–water partition coefficient (Wildman–Crippen LogP) is 3.24. The Kier molecular flexibility index (Phi) is 3.65. The van der Waals surface area contributed by atoms with E-state index in [0.717, 1.165) is 6.08 Å². The van der Waals surface area contributed by atoms with Gasteiger partial charge in [0.25, 0.3) is 0 Å².